The van der Waals surface area contributed by atoms with Crippen molar-refractivity contribution >= 4 is 0 Å². The molecule has 0 bridgehead atoms. The monoisotopic (exact) mass is 312 g/mol. The van der Waals surface area contributed by atoms with Gasteiger partial charge in [-0.05, 0) is 31.2 Å². The fourth-order valence-corrected chi connectivity index (χ4v) is 3.11. The molecule has 0 amide bonds. The van der Waals surface area contributed by atoms with Gasteiger partial charge in [0.2, 0.25) is 0 Å². The summed E-state index contributed by atoms with van der Waals surface area (Å²) in [6.07, 6.45) is 14.8. The molecule has 0 unspecified atom stereocenters. The van der Waals surface area contributed by atoms with Gasteiger partial charge in [-0.1, -0.05) is 69.4 Å². The fourth-order valence-electron chi connectivity index (χ4n) is 3.11. The Morgan fingerprint density at radius 1 is 0.826 bits per heavy atom. The predicted octanol–water partition coefficient (Wildman–Crippen LogP) is 5.50. The lowest BCUT2D eigenvalue weighted by Crippen LogP contribution is -1.97. The molecule has 0 spiro atoms. The van der Waals surface area contributed by atoms with Crippen LogP contribution >= 0.6 is 0 Å². The molecule has 0 atom stereocenters. The Hall–Kier alpha value is -1.57. The number of imidazole rings is 1. The van der Waals surface area contributed by atoms with Crippen LogP contribution in [-0.4, -0.2) is 9.55 Å². The van der Waals surface area contributed by atoms with E-state index in [0.29, 0.717) is 0 Å². The number of nitrogens with zero attached hydrogens (tertiary/aromatic N) is 2. The van der Waals surface area contributed by atoms with Crippen LogP contribution in [0.3, 0.4) is 0 Å². The van der Waals surface area contributed by atoms with Crippen molar-refractivity contribution in [2.24, 2.45) is 7.05 Å². The maximum atomic E-state index is 4.84. The van der Waals surface area contributed by atoms with Crippen molar-refractivity contribution in [3.8, 4) is 0 Å². The smallest absolute Gasteiger partial charge is 0.108 e. The van der Waals surface area contributed by atoms with Crippen molar-refractivity contribution in [2.45, 2.75) is 71.1 Å². The number of unbranched alkanes of at least 4 members (excludes halogenated alkanes) is 5. The minimum atomic E-state index is 1.08. The zero-order chi connectivity index (χ0) is 16.3. The van der Waals surface area contributed by atoms with Gasteiger partial charge in [-0.2, -0.15) is 0 Å². The van der Waals surface area contributed by atoms with E-state index in [0.717, 1.165) is 19.3 Å². The maximum absolute atomic E-state index is 4.84. The number of aromatic nitrogens is 2. The van der Waals surface area contributed by atoms with Crippen LogP contribution in [-0.2, 0) is 26.3 Å². The summed E-state index contributed by atoms with van der Waals surface area (Å²) in [5.74, 6) is 1.26. The molecular weight excluding hydrogens is 280 g/mol. The Morgan fingerprint density at radius 2 is 1.57 bits per heavy atom. The van der Waals surface area contributed by atoms with Crippen molar-refractivity contribution in [2.75, 3.05) is 0 Å². The van der Waals surface area contributed by atoms with E-state index in [1.807, 2.05) is 0 Å². The number of benzene rings is 1. The molecule has 0 aliphatic carbocycles. The van der Waals surface area contributed by atoms with Gasteiger partial charge in [0.05, 0.1) is 5.69 Å². The van der Waals surface area contributed by atoms with Gasteiger partial charge in [0, 0.05) is 19.7 Å². The first-order chi connectivity index (χ1) is 11.3. The quantitative estimate of drug-likeness (QED) is 0.501. The van der Waals surface area contributed by atoms with Crippen molar-refractivity contribution in [1.29, 1.82) is 0 Å². The second kappa shape index (κ2) is 10.3. The first kappa shape index (κ1) is 17.8. The second-order valence-electron chi connectivity index (χ2n) is 6.62. The molecule has 0 saturated carbocycles. The summed E-state index contributed by atoms with van der Waals surface area (Å²) in [5.41, 5.74) is 2.68. The molecule has 0 aliphatic heterocycles. The van der Waals surface area contributed by atoms with Crippen LogP contribution in [0.25, 0.3) is 0 Å². The third-order valence-electron chi connectivity index (χ3n) is 4.52. The summed E-state index contributed by atoms with van der Waals surface area (Å²) in [5, 5.41) is 0. The topological polar surface area (TPSA) is 17.8 Å². The lowest BCUT2D eigenvalue weighted by molar-refractivity contribution is 0.595. The number of hydrogen-bond donors (Lipinski definition) is 0. The number of aryl methyl sites for hydroxylation is 4. The van der Waals surface area contributed by atoms with Gasteiger partial charge < -0.3 is 4.57 Å². The Kier molecular flexibility index (Phi) is 7.92. The highest BCUT2D eigenvalue weighted by Crippen LogP contribution is 2.12. The van der Waals surface area contributed by atoms with Crippen molar-refractivity contribution in [3.05, 3.63) is 53.6 Å². The fraction of sp³-hybridized carbons (Fsp3) is 0.571. The molecule has 0 aliphatic rings. The Bertz CT molecular complexity index is 542. The van der Waals surface area contributed by atoms with Gasteiger partial charge >= 0.3 is 0 Å². The van der Waals surface area contributed by atoms with Gasteiger partial charge in [0.15, 0.2) is 0 Å². The molecule has 0 N–H and O–H groups in total. The molecule has 0 saturated heterocycles. The van der Waals surface area contributed by atoms with Crippen LogP contribution in [0.1, 0.15) is 69.0 Å². The summed E-state index contributed by atoms with van der Waals surface area (Å²) in [7, 11) is 2.14. The first-order valence-corrected chi connectivity index (χ1v) is 9.34. The van der Waals surface area contributed by atoms with E-state index in [9.17, 15) is 0 Å². The lowest BCUT2D eigenvalue weighted by atomic mass is 10.1. The van der Waals surface area contributed by atoms with E-state index in [1.54, 1.807) is 0 Å². The lowest BCUT2D eigenvalue weighted by Gasteiger charge is -2.01. The summed E-state index contributed by atoms with van der Waals surface area (Å²) < 4.78 is 2.23. The molecule has 2 rings (SSSR count). The minimum absolute atomic E-state index is 1.08. The van der Waals surface area contributed by atoms with E-state index >= 15 is 0 Å². The van der Waals surface area contributed by atoms with E-state index in [1.165, 1.54) is 62.0 Å². The van der Waals surface area contributed by atoms with Gasteiger partial charge in [0.1, 0.15) is 5.82 Å². The molecule has 2 heteroatoms. The summed E-state index contributed by atoms with van der Waals surface area (Å²) >= 11 is 0. The molecule has 126 valence electrons. The van der Waals surface area contributed by atoms with Crippen LogP contribution in [0.2, 0.25) is 0 Å². The number of hydrogen-bond acceptors (Lipinski definition) is 1. The van der Waals surface area contributed by atoms with E-state index in [2.05, 4.69) is 55.1 Å². The standard InChI is InChI=1S/C21H32N2/c1-3-4-5-6-7-11-17-21-22-20(18-23(21)2)16-12-15-19-13-9-8-10-14-19/h8-10,13-14,18H,3-7,11-12,15-17H2,1-2H3. The molecule has 1 aromatic carbocycles. The Labute approximate surface area is 142 Å². The Morgan fingerprint density at radius 3 is 2.35 bits per heavy atom. The number of rotatable bonds is 11. The second-order valence-corrected chi connectivity index (χ2v) is 6.62. The van der Waals surface area contributed by atoms with E-state index < -0.39 is 0 Å². The zero-order valence-corrected chi connectivity index (χ0v) is 14.9. The van der Waals surface area contributed by atoms with Crippen LogP contribution in [0.15, 0.2) is 36.5 Å². The molecule has 0 fully saturated rings. The van der Waals surface area contributed by atoms with Crippen LogP contribution in [0.5, 0.6) is 0 Å². The largest absolute Gasteiger partial charge is 0.338 e. The van der Waals surface area contributed by atoms with Crippen LogP contribution in [0, 0.1) is 0 Å². The minimum Gasteiger partial charge on any atom is -0.338 e. The van der Waals surface area contributed by atoms with Gasteiger partial charge in [-0.15, -0.1) is 0 Å². The van der Waals surface area contributed by atoms with Crippen molar-refractivity contribution < 1.29 is 0 Å². The van der Waals surface area contributed by atoms with Crippen molar-refractivity contribution in [3.63, 3.8) is 0 Å². The molecule has 1 aromatic heterocycles. The summed E-state index contributed by atoms with van der Waals surface area (Å²) in [6.45, 7) is 2.27. The highest BCUT2D eigenvalue weighted by atomic mass is 15.0. The zero-order valence-electron chi connectivity index (χ0n) is 14.9. The van der Waals surface area contributed by atoms with Crippen LogP contribution in [0.4, 0.5) is 0 Å². The van der Waals surface area contributed by atoms with Crippen LogP contribution < -0.4 is 0 Å². The van der Waals surface area contributed by atoms with Gasteiger partial charge in [-0.25, -0.2) is 4.98 Å². The predicted molar refractivity (Wildman–Crippen MR) is 98.8 cm³/mol. The highest BCUT2D eigenvalue weighted by molar-refractivity contribution is 5.15. The molecule has 23 heavy (non-hydrogen) atoms. The molecule has 2 nitrogen and oxygen atoms in total. The van der Waals surface area contributed by atoms with Gasteiger partial charge in [0.25, 0.3) is 0 Å². The molecule has 1 heterocycles. The van der Waals surface area contributed by atoms with E-state index in [4.69, 9.17) is 4.98 Å². The summed E-state index contributed by atoms with van der Waals surface area (Å²) in [6, 6.07) is 10.7. The molecule has 2 aromatic rings. The molecule has 0 radical (unpaired) electrons. The third-order valence-corrected chi connectivity index (χ3v) is 4.52. The van der Waals surface area contributed by atoms with Gasteiger partial charge in [-0.3, -0.25) is 0 Å². The molecular formula is C21H32N2. The average molecular weight is 313 g/mol. The normalized spacial score (nSPS) is 11.0. The van der Waals surface area contributed by atoms with E-state index in [-0.39, 0.29) is 0 Å². The van der Waals surface area contributed by atoms with Crippen molar-refractivity contribution in [1.82, 2.24) is 9.55 Å². The average Bonchev–Trinajstić information content (AvgIpc) is 2.92. The first-order valence-electron chi connectivity index (χ1n) is 9.34. The highest BCUT2D eigenvalue weighted by Gasteiger charge is 2.05. The third kappa shape index (κ3) is 6.60. The SMILES string of the molecule is CCCCCCCCc1nc(CCCc2ccccc2)cn1C. The Balaban J connectivity index is 1.68. The maximum Gasteiger partial charge on any atom is 0.108 e. The summed E-state index contributed by atoms with van der Waals surface area (Å²) in [4.78, 5) is 4.84.